The molecular formula is C18H27FN2O4S. The molecule has 0 radical (unpaired) electrons. The fraction of sp³-hybridized carbons (Fsp3) is 0.611. The number of rotatable bonds is 5. The normalized spacial score (nSPS) is 19.2. The summed E-state index contributed by atoms with van der Waals surface area (Å²) in [5.74, 6) is -0.647. The number of ether oxygens (including phenoxy) is 1. The van der Waals surface area contributed by atoms with Crippen LogP contribution in [0.4, 0.5) is 9.18 Å². The Hall–Kier alpha value is -1.67. The second-order valence-corrected chi connectivity index (χ2v) is 9.60. The number of carbonyl (C=O) groups excluding carboxylic acids is 1. The number of sulfonamides is 1. The first-order valence-electron chi connectivity index (χ1n) is 8.74. The van der Waals surface area contributed by atoms with Crippen LogP contribution in [-0.4, -0.2) is 44.1 Å². The molecule has 0 bridgehead atoms. The van der Waals surface area contributed by atoms with Gasteiger partial charge in [0, 0.05) is 19.6 Å². The molecule has 0 saturated carbocycles. The molecule has 1 amide bonds. The second-order valence-electron chi connectivity index (χ2n) is 7.64. The molecule has 146 valence electrons. The van der Waals surface area contributed by atoms with E-state index in [-0.39, 0.29) is 11.7 Å². The third-order valence-electron chi connectivity index (χ3n) is 4.05. The van der Waals surface area contributed by atoms with E-state index < -0.39 is 27.5 Å². The minimum Gasteiger partial charge on any atom is -0.444 e. The summed E-state index contributed by atoms with van der Waals surface area (Å²) < 4.78 is 45.2. The number of amides is 1. The topological polar surface area (TPSA) is 75.7 Å². The lowest BCUT2D eigenvalue weighted by Crippen LogP contribution is -2.44. The van der Waals surface area contributed by atoms with Crippen LogP contribution >= 0.6 is 0 Å². The molecule has 1 saturated heterocycles. The Morgan fingerprint density at radius 1 is 1.38 bits per heavy atom. The van der Waals surface area contributed by atoms with Gasteiger partial charge in [-0.15, -0.1) is 0 Å². The molecule has 0 unspecified atom stereocenters. The highest BCUT2D eigenvalue weighted by atomic mass is 32.2. The number of piperidine rings is 1. The number of nitrogens with zero attached hydrogens (tertiary/aromatic N) is 1. The van der Waals surface area contributed by atoms with Crippen molar-refractivity contribution in [1.82, 2.24) is 9.62 Å². The predicted octanol–water partition coefficient (Wildman–Crippen LogP) is 2.89. The van der Waals surface area contributed by atoms with Crippen LogP contribution in [0.5, 0.6) is 0 Å². The maximum Gasteiger partial charge on any atom is 0.407 e. The Bertz CT molecular complexity index is 731. The summed E-state index contributed by atoms with van der Waals surface area (Å²) in [6, 6.07) is 5.63. The highest BCUT2D eigenvalue weighted by Crippen LogP contribution is 2.21. The number of halogens is 1. The predicted molar refractivity (Wildman–Crippen MR) is 97.6 cm³/mol. The number of benzene rings is 1. The zero-order chi connectivity index (χ0) is 19.4. The van der Waals surface area contributed by atoms with E-state index in [9.17, 15) is 17.6 Å². The Kier molecular flexibility index (Phi) is 6.63. The highest BCUT2D eigenvalue weighted by molar-refractivity contribution is 7.88. The Balaban J connectivity index is 1.91. The van der Waals surface area contributed by atoms with Crippen LogP contribution in [0.15, 0.2) is 24.3 Å². The van der Waals surface area contributed by atoms with Crippen LogP contribution in [0.1, 0.15) is 39.2 Å². The lowest BCUT2D eigenvalue weighted by molar-refractivity contribution is 0.0513. The summed E-state index contributed by atoms with van der Waals surface area (Å²) in [7, 11) is -3.53. The van der Waals surface area contributed by atoms with Crippen LogP contribution < -0.4 is 5.32 Å². The van der Waals surface area contributed by atoms with Crippen LogP contribution in [-0.2, 0) is 20.5 Å². The van der Waals surface area contributed by atoms with E-state index in [1.54, 1.807) is 26.8 Å². The van der Waals surface area contributed by atoms with Gasteiger partial charge in [-0.05, 0) is 57.2 Å². The molecule has 26 heavy (non-hydrogen) atoms. The van der Waals surface area contributed by atoms with Crippen molar-refractivity contribution < 1.29 is 22.3 Å². The second kappa shape index (κ2) is 8.35. The fourth-order valence-corrected chi connectivity index (χ4v) is 4.55. The van der Waals surface area contributed by atoms with Crippen LogP contribution in [0.2, 0.25) is 0 Å². The van der Waals surface area contributed by atoms with Crippen LogP contribution in [0, 0.1) is 11.7 Å². The third kappa shape index (κ3) is 6.57. The molecule has 8 heteroatoms. The van der Waals surface area contributed by atoms with Gasteiger partial charge in [-0.2, -0.15) is 0 Å². The zero-order valence-corrected chi connectivity index (χ0v) is 16.3. The molecule has 1 aromatic carbocycles. The molecule has 1 fully saturated rings. The van der Waals surface area contributed by atoms with Gasteiger partial charge in [0.05, 0.1) is 5.75 Å². The minimum atomic E-state index is -3.53. The number of hydrogen-bond donors (Lipinski definition) is 1. The fourth-order valence-electron chi connectivity index (χ4n) is 2.92. The van der Waals surface area contributed by atoms with Gasteiger partial charge in [-0.3, -0.25) is 0 Å². The minimum absolute atomic E-state index is 0.0264. The first-order valence-corrected chi connectivity index (χ1v) is 10.4. The van der Waals surface area contributed by atoms with Gasteiger partial charge < -0.3 is 10.1 Å². The number of carbonyl (C=O) groups is 1. The Labute approximate surface area is 154 Å². The summed E-state index contributed by atoms with van der Waals surface area (Å²) in [4.78, 5) is 11.8. The van der Waals surface area contributed by atoms with Gasteiger partial charge in [0.2, 0.25) is 10.0 Å². The summed E-state index contributed by atoms with van der Waals surface area (Å²) in [5.41, 5.74) is -0.143. The van der Waals surface area contributed by atoms with Crippen molar-refractivity contribution in [2.75, 3.05) is 19.6 Å². The average Bonchev–Trinajstić information content (AvgIpc) is 2.51. The molecule has 1 N–H and O–H groups in total. The Morgan fingerprint density at radius 3 is 2.77 bits per heavy atom. The molecule has 1 atom stereocenters. The number of hydrogen-bond acceptors (Lipinski definition) is 4. The van der Waals surface area contributed by atoms with E-state index in [1.165, 1.54) is 22.5 Å². The van der Waals surface area contributed by atoms with Crippen molar-refractivity contribution in [1.29, 1.82) is 0 Å². The molecule has 0 spiro atoms. The van der Waals surface area contributed by atoms with Crippen molar-refractivity contribution in [2.24, 2.45) is 5.92 Å². The van der Waals surface area contributed by atoms with E-state index in [4.69, 9.17) is 4.74 Å². The lowest BCUT2D eigenvalue weighted by atomic mass is 10.00. The van der Waals surface area contributed by atoms with Crippen LogP contribution in [0.25, 0.3) is 0 Å². The van der Waals surface area contributed by atoms with Gasteiger partial charge in [-0.25, -0.2) is 21.9 Å². The smallest absolute Gasteiger partial charge is 0.407 e. The van der Waals surface area contributed by atoms with Crippen molar-refractivity contribution in [3.05, 3.63) is 35.6 Å². The van der Waals surface area contributed by atoms with Gasteiger partial charge in [0.15, 0.2) is 0 Å². The molecule has 1 aliphatic rings. The van der Waals surface area contributed by atoms with E-state index in [1.807, 2.05) is 0 Å². The van der Waals surface area contributed by atoms with Crippen LogP contribution in [0.3, 0.4) is 0 Å². The summed E-state index contributed by atoms with van der Waals surface area (Å²) in [6.45, 7) is 6.50. The van der Waals surface area contributed by atoms with E-state index in [2.05, 4.69) is 5.32 Å². The first kappa shape index (κ1) is 20.6. The van der Waals surface area contributed by atoms with Crippen molar-refractivity contribution in [2.45, 2.75) is 45.0 Å². The van der Waals surface area contributed by atoms with E-state index >= 15 is 0 Å². The SMILES string of the molecule is CC(C)(C)OC(=O)NC[C@@H]1CCCN(S(=O)(=O)Cc2cccc(F)c2)C1. The zero-order valence-electron chi connectivity index (χ0n) is 15.5. The molecular weight excluding hydrogens is 359 g/mol. The Morgan fingerprint density at radius 2 is 2.12 bits per heavy atom. The molecule has 1 heterocycles. The highest BCUT2D eigenvalue weighted by Gasteiger charge is 2.29. The summed E-state index contributed by atoms with van der Waals surface area (Å²) >= 11 is 0. The lowest BCUT2D eigenvalue weighted by Gasteiger charge is -2.32. The molecule has 2 rings (SSSR count). The summed E-state index contributed by atoms with van der Waals surface area (Å²) in [6.07, 6.45) is 1.06. The standard InChI is InChI=1S/C18H27FN2O4S/c1-18(2,3)25-17(22)20-11-15-7-5-9-21(12-15)26(23,24)13-14-6-4-8-16(19)10-14/h4,6,8,10,15H,5,7,9,11-13H2,1-3H3,(H,20,22)/t15-/m0/s1. The van der Waals surface area contributed by atoms with Gasteiger partial charge in [0.25, 0.3) is 0 Å². The van der Waals surface area contributed by atoms with Gasteiger partial charge in [-0.1, -0.05) is 12.1 Å². The number of nitrogens with one attached hydrogen (secondary N) is 1. The molecule has 1 aromatic rings. The first-order chi connectivity index (χ1) is 12.0. The van der Waals surface area contributed by atoms with Crippen molar-refractivity contribution in [3.8, 4) is 0 Å². The molecule has 6 nitrogen and oxygen atoms in total. The molecule has 0 aliphatic carbocycles. The largest absolute Gasteiger partial charge is 0.444 e. The van der Waals surface area contributed by atoms with Gasteiger partial charge >= 0.3 is 6.09 Å². The summed E-state index contributed by atoms with van der Waals surface area (Å²) in [5, 5.41) is 2.71. The maximum atomic E-state index is 13.3. The van der Waals surface area contributed by atoms with Crippen molar-refractivity contribution in [3.63, 3.8) is 0 Å². The van der Waals surface area contributed by atoms with Crippen molar-refractivity contribution >= 4 is 16.1 Å². The maximum absolute atomic E-state index is 13.3. The van der Waals surface area contributed by atoms with Gasteiger partial charge in [0.1, 0.15) is 11.4 Å². The van der Waals surface area contributed by atoms with E-state index in [0.717, 1.165) is 12.8 Å². The molecule has 0 aromatic heterocycles. The monoisotopic (exact) mass is 386 g/mol. The molecule has 1 aliphatic heterocycles. The third-order valence-corrected chi connectivity index (χ3v) is 5.86. The number of alkyl carbamates (subject to hydrolysis) is 1. The van der Waals surface area contributed by atoms with E-state index in [0.29, 0.717) is 25.2 Å². The average molecular weight is 386 g/mol. The quantitative estimate of drug-likeness (QED) is 0.844.